The lowest BCUT2D eigenvalue weighted by molar-refractivity contribution is -0.109. The van der Waals surface area contributed by atoms with Gasteiger partial charge in [-0.2, -0.15) is 30.2 Å². The van der Waals surface area contributed by atoms with E-state index in [9.17, 15) is 53.6 Å². The number of ketones is 1. The van der Waals surface area contributed by atoms with E-state index >= 15 is 0 Å². The van der Waals surface area contributed by atoms with E-state index in [-0.39, 0.29) is 32.9 Å². The fourth-order valence-corrected chi connectivity index (χ4v) is 6.66. The SMILES string of the molecule is O=C1C(S(=O)(=O)O)=CC(S(=O)(=O)O)=CC1=NN=C(N=Nc1ccc(S(=O)(=O)O)cc1C(=O)O)c1cccc(NNc2cccc(Nc3nc(Cl)nc(Cl)c3Cl)c2)c1. The van der Waals surface area contributed by atoms with Gasteiger partial charge in [-0.25, -0.2) is 9.78 Å². The quantitative estimate of drug-likeness (QED) is 0.0133. The third-order valence-corrected chi connectivity index (χ3v) is 10.4. The minimum absolute atomic E-state index is 0.0108. The van der Waals surface area contributed by atoms with Gasteiger partial charge >= 0.3 is 5.97 Å². The predicted octanol–water partition coefficient (Wildman–Crippen LogP) is 5.58. The Balaban J connectivity index is 1.53. The van der Waals surface area contributed by atoms with Crippen LogP contribution in [0.4, 0.5) is 28.6 Å². The lowest BCUT2D eigenvalue weighted by Gasteiger charge is -2.13. The Morgan fingerprint density at radius 3 is 2.04 bits per heavy atom. The minimum atomic E-state index is -5.36. The van der Waals surface area contributed by atoms with E-state index in [4.69, 9.17) is 34.8 Å². The van der Waals surface area contributed by atoms with Crippen molar-refractivity contribution in [3.63, 3.8) is 0 Å². The molecule has 7 N–H and O–H groups in total. The lowest BCUT2D eigenvalue weighted by atomic mass is 10.1. The van der Waals surface area contributed by atoms with Crippen LogP contribution in [0.1, 0.15) is 15.9 Å². The number of hydrazine groups is 1. The number of hydrogen-bond acceptors (Lipinski definition) is 16. The maximum Gasteiger partial charge on any atom is 0.338 e. The molecule has 57 heavy (non-hydrogen) atoms. The molecule has 0 saturated carbocycles. The number of carboxylic acid groups (broad SMARTS) is 1. The van der Waals surface area contributed by atoms with Crippen LogP contribution in [-0.2, 0) is 35.1 Å². The van der Waals surface area contributed by atoms with E-state index in [1.165, 1.54) is 18.2 Å². The summed E-state index contributed by atoms with van der Waals surface area (Å²) in [5, 5.41) is 27.5. The number of carboxylic acids is 1. The molecule has 0 fully saturated rings. The summed E-state index contributed by atoms with van der Waals surface area (Å²) in [5.74, 6) is -3.65. The molecule has 4 aromatic rings. The van der Waals surface area contributed by atoms with Gasteiger partial charge in [0.05, 0.1) is 26.7 Å². The second-order valence-corrected chi connectivity index (χ2v) is 16.2. The molecule has 0 radical (unpaired) electrons. The maximum atomic E-state index is 12.9. The van der Waals surface area contributed by atoms with Crippen molar-refractivity contribution in [3.05, 3.63) is 115 Å². The number of allylic oxidation sites excluding steroid dienone is 3. The van der Waals surface area contributed by atoms with Crippen molar-refractivity contribution in [2.75, 3.05) is 16.2 Å². The molecule has 21 nitrogen and oxygen atoms in total. The second-order valence-electron chi connectivity index (χ2n) is 10.9. The van der Waals surface area contributed by atoms with Crippen molar-refractivity contribution in [2.24, 2.45) is 20.4 Å². The van der Waals surface area contributed by atoms with Gasteiger partial charge in [-0.1, -0.05) is 41.4 Å². The van der Waals surface area contributed by atoms with E-state index in [2.05, 4.69) is 46.6 Å². The molecule has 0 saturated heterocycles. The minimum Gasteiger partial charge on any atom is -0.478 e. The van der Waals surface area contributed by atoms with Gasteiger partial charge in [-0.05, 0) is 72.3 Å². The second kappa shape index (κ2) is 16.8. The van der Waals surface area contributed by atoms with Gasteiger partial charge < -0.3 is 21.3 Å². The number of amidine groups is 1. The van der Waals surface area contributed by atoms with Crippen molar-refractivity contribution < 1.29 is 53.6 Å². The van der Waals surface area contributed by atoms with Gasteiger partial charge in [0.15, 0.2) is 11.0 Å². The number of aromatic nitrogens is 2. The summed E-state index contributed by atoms with van der Waals surface area (Å²) in [4.78, 5) is 29.2. The number of halogens is 3. The van der Waals surface area contributed by atoms with E-state index in [1.54, 1.807) is 30.3 Å². The summed E-state index contributed by atoms with van der Waals surface area (Å²) >= 11 is 18.0. The summed E-state index contributed by atoms with van der Waals surface area (Å²) in [5.41, 5.74) is 4.86. The molecule has 1 heterocycles. The van der Waals surface area contributed by atoms with E-state index in [0.717, 1.165) is 12.1 Å². The van der Waals surface area contributed by atoms with Gasteiger partial charge in [0.1, 0.15) is 21.3 Å². The van der Waals surface area contributed by atoms with Crippen molar-refractivity contribution in [3.8, 4) is 0 Å². The Bertz CT molecular complexity index is 2850. The molecule has 3 aromatic carbocycles. The van der Waals surface area contributed by atoms with Gasteiger partial charge in [-0.3, -0.25) is 18.5 Å². The summed E-state index contributed by atoms with van der Waals surface area (Å²) in [6.45, 7) is 0. The highest BCUT2D eigenvalue weighted by Crippen LogP contribution is 2.31. The highest BCUT2D eigenvalue weighted by molar-refractivity contribution is 7.92. The van der Waals surface area contributed by atoms with Crippen LogP contribution >= 0.6 is 34.8 Å². The molecule has 27 heteroatoms. The topological polar surface area (TPSA) is 329 Å². The largest absolute Gasteiger partial charge is 0.478 e. The molecule has 1 aromatic heterocycles. The standard InChI is InChI=1S/C30H20Cl3N9O12S3/c31-24-26(32)35-30(33)36-28(24)34-15-4-2-6-17(10-15)38-37-16-5-1-3-14(9-16)27(41-39-21-8-7-18(55(46,47)48)11-20(21)29(44)45)42-40-22-12-19(56(49,50)51)13-23(25(22)43)57(52,53)54/h1-13,37-38H,(H,44,45)(H,34,35,36)(H,46,47,48)(H,49,50,51)(H,52,53,54). The molecule has 5 rings (SSSR count). The Morgan fingerprint density at radius 1 is 0.754 bits per heavy atom. The number of nitrogens with zero attached hydrogens (tertiary/aromatic N) is 6. The summed E-state index contributed by atoms with van der Waals surface area (Å²) in [6.07, 6.45) is 0.651. The normalized spacial score (nSPS) is 14.7. The smallest absolute Gasteiger partial charge is 0.338 e. The molecular weight excluding hydrogens is 881 g/mol. The number of carbonyl (C=O) groups excluding carboxylic acids is 1. The zero-order valence-corrected chi connectivity index (χ0v) is 32.3. The Kier molecular flexibility index (Phi) is 12.5. The van der Waals surface area contributed by atoms with Crippen LogP contribution in [0.5, 0.6) is 0 Å². The number of azo groups is 1. The molecule has 0 unspecified atom stereocenters. The monoisotopic (exact) mass is 899 g/mol. The van der Waals surface area contributed by atoms with Gasteiger partial charge in [0, 0.05) is 11.3 Å². The first-order chi connectivity index (χ1) is 26.6. The predicted molar refractivity (Wildman–Crippen MR) is 206 cm³/mol. The van der Waals surface area contributed by atoms with Crippen molar-refractivity contribution in [1.82, 2.24) is 9.97 Å². The maximum absolute atomic E-state index is 12.9. The van der Waals surface area contributed by atoms with E-state index in [0.29, 0.717) is 29.2 Å². The molecule has 0 atom stereocenters. The fourth-order valence-electron chi connectivity index (χ4n) is 4.42. The Morgan fingerprint density at radius 2 is 1.40 bits per heavy atom. The van der Waals surface area contributed by atoms with Crippen LogP contribution in [0.2, 0.25) is 15.5 Å². The highest BCUT2D eigenvalue weighted by Gasteiger charge is 2.33. The number of aromatic carboxylic acids is 1. The number of rotatable bonds is 12. The molecule has 0 aliphatic heterocycles. The highest BCUT2D eigenvalue weighted by atomic mass is 35.5. The van der Waals surface area contributed by atoms with Crippen LogP contribution in [0, 0.1) is 0 Å². The number of nitrogens with one attached hydrogen (secondary N) is 3. The molecule has 0 amide bonds. The first kappa shape index (κ1) is 42.4. The zero-order valence-electron chi connectivity index (χ0n) is 27.6. The van der Waals surface area contributed by atoms with Crippen LogP contribution in [0.15, 0.2) is 114 Å². The zero-order chi connectivity index (χ0) is 41.9. The average molecular weight is 901 g/mol. The summed E-state index contributed by atoms with van der Waals surface area (Å²) in [6, 6.07) is 14.7. The first-order valence-corrected chi connectivity index (χ1v) is 20.3. The number of hydrogen-bond donors (Lipinski definition) is 7. The van der Waals surface area contributed by atoms with Crippen molar-refractivity contribution >= 4 is 117 Å². The van der Waals surface area contributed by atoms with E-state index in [1.807, 2.05) is 0 Å². The van der Waals surface area contributed by atoms with Crippen LogP contribution < -0.4 is 16.2 Å². The van der Waals surface area contributed by atoms with Gasteiger partial charge in [0.2, 0.25) is 16.9 Å². The molecule has 0 bridgehead atoms. The Labute approximate surface area is 335 Å². The van der Waals surface area contributed by atoms with Crippen molar-refractivity contribution in [2.45, 2.75) is 4.90 Å². The third kappa shape index (κ3) is 10.8. The number of Topliss-reactive ketones (excluding diaryl/α,β-unsaturated/α-hetero) is 1. The molecule has 296 valence electrons. The molecule has 0 spiro atoms. The average Bonchev–Trinajstić information content (AvgIpc) is 3.12. The summed E-state index contributed by atoms with van der Waals surface area (Å²) in [7, 11) is -15.4. The molecule has 1 aliphatic carbocycles. The number of carbonyl (C=O) groups is 2. The van der Waals surface area contributed by atoms with Crippen LogP contribution in [0.3, 0.4) is 0 Å². The van der Waals surface area contributed by atoms with Gasteiger partial charge in [0.25, 0.3) is 30.4 Å². The summed E-state index contributed by atoms with van der Waals surface area (Å²) < 4.78 is 99.0. The van der Waals surface area contributed by atoms with Crippen LogP contribution in [-0.4, -0.2) is 77.3 Å². The number of benzene rings is 3. The fraction of sp³-hybridized carbons (Fsp3) is 0. The first-order valence-electron chi connectivity index (χ1n) is 14.8. The third-order valence-electron chi connectivity index (χ3n) is 6.97. The Hall–Kier alpha value is -5.70. The molecule has 1 aliphatic rings. The number of anilines is 4. The molecular formula is C30H20Cl3N9O12S3. The van der Waals surface area contributed by atoms with E-state index < -0.39 is 79.6 Å². The van der Waals surface area contributed by atoms with Crippen molar-refractivity contribution in [1.29, 1.82) is 0 Å². The van der Waals surface area contributed by atoms with Crippen LogP contribution in [0.25, 0.3) is 0 Å². The van der Waals surface area contributed by atoms with Gasteiger partial charge in [-0.15, -0.1) is 20.4 Å². The lowest BCUT2D eigenvalue weighted by Crippen LogP contribution is -2.25.